The average Bonchev–Trinajstić information content (AvgIpc) is 1.69. The van der Waals surface area contributed by atoms with E-state index < -0.39 is 0 Å². The van der Waals surface area contributed by atoms with E-state index in [2.05, 4.69) is 19.1 Å². The van der Waals surface area contributed by atoms with Gasteiger partial charge in [-0.3, -0.25) is 0 Å². The van der Waals surface area contributed by atoms with Gasteiger partial charge in [0.15, 0.2) is 0 Å². The summed E-state index contributed by atoms with van der Waals surface area (Å²) in [5, 5.41) is 0. The summed E-state index contributed by atoms with van der Waals surface area (Å²) >= 11 is 0. The first-order chi connectivity index (χ1) is 3.39. The first-order valence-corrected chi connectivity index (χ1v) is 2.32. The fourth-order valence-corrected chi connectivity index (χ4v) is 0.483. The molecular weight excluding hydrogens is 251 g/mol. The van der Waals surface area contributed by atoms with Gasteiger partial charge in [-0.15, -0.1) is 0 Å². The molecule has 0 radical (unpaired) electrons. The molecule has 0 heterocycles. The third-order valence-electron chi connectivity index (χ3n) is 0.863. The molecule has 0 amide bonds. The van der Waals surface area contributed by atoms with Crippen LogP contribution in [-0.4, -0.2) is 37.7 Å². The topological polar surface area (TPSA) is 0 Å². The summed E-state index contributed by atoms with van der Waals surface area (Å²) in [6.07, 6.45) is 0. The van der Waals surface area contributed by atoms with Crippen LogP contribution in [0.4, 0.5) is 0 Å². The Hall–Kier alpha value is 1.21. The van der Waals surface area contributed by atoms with Crippen molar-refractivity contribution in [3.05, 3.63) is 35.9 Å². The van der Waals surface area contributed by atoms with Crippen LogP contribution in [-0.2, 0) is 0 Å². The van der Waals surface area contributed by atoms with E-state index in [0.29, 0.717) is 0 Å². The second-order valence-corrected chi connectivity index (χ2v) is 1.58. The summed E-state index contributed by atoms with van der Waals surface area (Å²) in [7, 11) is 0. The number of benzene rings is 1. The third-order valence-corrected chi connectivity index (χ3v) is 0.863. The van der Waals surface area contributed by atoms with Gasteiger partial charge in [0.1, 0.15) is 0 Å². The normalized spacial score (nSPS) is 6.78. The molecule has 1 rings (SSSR count). The van der Waals surface area contributed by atoms with E-state index in [1.807, 2.05) is 18.2 Å². The largest absolute Gasteiger partial charge is 2.00 e. The van der Waals surface area contributed by atoms with Crippen molar-refractivity contribution < 1.29 is 24.0 Å². The fraction of sp³-hybridized carbons (Fsp3) is 0.143. The second kappa shape index (κ2) is 7.32. The van der Waals surface area contributed by atoms with Crippen LogP contribution < -0.4 is 24.0 Å². The Bertz CT molecular complexity index is 139. The number of hydrogen-bond acceptors (Lipinski definition) is 0. The van der Waals surface area contributed by atoms with Crippen LogP contribution in [0.25, 0.3) is 0 Å². The van der Waals surface area contributed by atoms with Gasteiger partial charge in [0, 0.05) is 0 Å². The molecular formula is C7H7CaI. The predicted molar refractivity (Wildman–Crippen MR) is 35.8 cm³/mol. The van der Waals surface area contributed by atoms with E-state index in [1.54, 1.807) is 0 Å². The molecule has 0 aliphatic rings. The molecule has 2 heteroatoms. The van der Waals surface area contributed by atoms with Gasteiger partial charge in [-0.05, 0) is 0 Å². The minimum absolute atomic E-state index is 0. The van der Waals surface area contributed by atoms with Crippen LogP contribution in [0.1, 0.15) is 5.56 Å². The quantitative estimate of drug-likeness (QED) is 0.299. The Labute approximate surface area is 103 Å². The molecule has 0 aliphatic heterocycles. The standard InChI is InChI=1S/C7H7.Ca.HI/c1-7-5-3-2-4-6-7;;/h2-3,5-6H,1H3;;1H/q-1;+2;/p-1. The van der Waals surface area contributed by atoms with E-state index in [4.69, 9.17) is 0 Å². The van der Waals surface area contributed by atoms with Crippen molar-refractivity contribution in [2.45, 2.75) is 6.92 Å². The molecule has 0 spiro atoms. The molecule has 1 aromatic rings. The van der Waals surface area contributed by atoms with Crippen molar-refractivity contribution in [2.75, 3.05) is 0 Å². The second-order valence-electron chi connectivity index (χ2n) is 1.58. The van der Waals surface area contributed by atoms with Crippen LogP contribution in [0.15, 0.2) is 24.3 Å². The summed E-state index contributed by atoms with van der Waals surface area (Å²) in [5.41, 5.74) is 1.27. The van der Waals surface area contributed by atoms with Crippen LogP contribution in [0.3, 0.4) is 0 Å². The van der Waals surface area contributed by atoms with Crippen molar-refractivity contribution in [2.24, 2.45) is 0 Å². The van der Waals surface area contributed by atoms with Crippen molar-refractivity contribution in [3.8, 4) is 0 Å². The Morgan fingerprint density at radius 1 is 1.44 bits per heavy atom. The van der Waals surface area contributed by atoms with Gasteiger partial charge in [0.05, 0.1) is 0 Å². The van der Waals surface area contributed by atoms with Crippen LogP contribution >= 0.6 is 0 Å². The molecule has 0 aromatic heterocycles. The molecule has 1 aromatic carbocycles. The van der Waals surface area contributed by atoms with Crippen LogP contribution in [0.5, 0.6) is 0 Å². The Kier molecular flexibility index (Phi) is 10.4. The molecule has 0 N–H and O–H groups in total. The van der Waals surface area contributed by atoms with Crippen molar-refractivity contribution in [1.82, 2.24) is 0 Å². The van der Waals surface area contributed by atoms with Gasteiger partial charge in [-0.25, -0.2) is 0 Å². The van der Waals surface area contributed by atoms with Gasteiger partial charge in [0.2, 0.25) is 0 Å². The van der Waals surface area contributed by atoms with Gasteiger partial charge in [-0.2, -0.15) is 35.9 Å². The van der Waals surface area contributed by atoms with E-state index in [9.17, 15) is 0 Å². The van der Waals surface area contributed by atoms with Crippen LogP contribution in [0.2, 0.25) is 0 Å². The molecule has 0 saturated carbocycles. The molecule has 0 fully saturated rings. The monoisotopic (exact) mass is 258 g/mol. The summed E-state index contributed by atoms with van der Waals surface area (Å²) < 4.78 is 0. The maximum atomic E-state index is 2.96. The zero-order valence-corrected chi connectivity index (χ0v) is 9.76. The summed E-state index contributed by atoms with van der Waals surface area (Å²) in [4.78, 5) is 0. The van der Waals surface area contributed by atoms with Gasteiger partial charge < -0.3 is 24.0 Å². The number of halogens is 1. The minimum Gasteiger partial charge on any atom is -1.00 e. The van der Waals surface area contributed by atoms with Gasteiger partial charge in [0.25, 0.3) is 0 Å². The predicted octanol–water partition coefficient (Wildman–Crippen LogP) is -1.58. The zero-order chi connectivity index (χ0) is 5.11. The average molecular weight is 258 g/mol. The van der Waals surface area contributed by atoms with E-state index >= 15 is 0 Å². The summed E-state index contributed by atoms with van der Waals surface area (Å²) in [6, 6.07) is 10.8. The van der Waals surface area contributed by atoms with Crippen molar-refractivity contribution in [3.63, 3.8) is 0 Å². The molecule has 0 atom stereocenters. The maximum Gasteiger partial charge on any atom is 2.00 e. The molecule has 0 nitrogen and oxygen atoms in total. The molecule has 0 unspecified atom stereocenters. The maximum absolute atomic E-state index is 2.96. The smallest absolute Gasteiger partial charge is 1.00 e. The molecule has 0 aliphatic carbocycles. The van der Waals surface area contributed by atoms with E-state index in [1.165, 1.54) is 5.56 Å². The molecule has 0 bridgehead atoms. The summed E-state index contributed by atoms with van der Waals surface area (Å²) in [5.74, 6) is 0. The zero-order valence-electron chi connectivity index (χ0n) is 5.39. The molecule has 9 heavy (non-hydrogen) atoms. The van der Waals surface area contributed by atoms with Gasteiger partial charge in [-0.1, -0.05) is 6.92 Å². The fourth-order valence-electron chi connectivity index (χ4n) is 0.483. The summed E-state index contributed by atoms with van der Waals surface area (Å²) in [6.45, 7) is 2.05. The first-order valence-electron chi connectivity index (χ1n) is 2.32. The molecule has 44 valence electrons. The van der Waals surface area contributed by atoms with Crippen molar-refractivity contribution >= 4 is 37.7 Å². The SMILES string of the molecule is Cc1c[c-]ccc1.[Ca+2].[I-]. The minimum atomic E-state index is 0. The first kappa shape index (κ1) is 12.8. The Balaban J connectivity index is 0. The van der Waals surface area contributed by atoms with Crippen molar-refractivity contribution in [1.29, 1.82) is 0 Å². The number of rotatable bonds is 0. The number of hydrogen-bond donors (Lipinski definition) is 0. The Morgan fingerprint density at radius 2 is 2.11 bits per heavy atom. The van der Waals surface area contributed by atoms with E-state index in [0.717, 1.165) is 0 Å². The Morgan fingerprint density at radius 3 is 2.33 bits per heavy atom. The van der Waals surface area contributed by atoms with E-state index in [-0.39, 0.29) is 61.7 Å². The van der Waals surface area contributed by atoms with Gasteiger partial charge >= 0.3 is 37.7 Å². The number of aryl methyl sites for hydroxylation is 1. The third kappa shape index (κ3) is 5.64. The van der Waals surface area contributed by atoms with Crippen LogP contribution in [0, 0.1) is 13.0 Å². The molecule has 0 saturated heterocycles.